The maximum atomic E-state index is 13.1. The molecule has 1 aliphatic heterocycles. The first kappa shape index (κ1) is 14.4. The van der Waals surface area contributed by atoms with Gasteiger partial charge in [0.15, 0.2) is 0 Å². The fourth-order valence-electron chi connectivity index (χ4n) is 3.17. The Hall–Kier alpha value is -2.93. The van der Waals surface area contributed by atoms with E-state index in [0.717, 1.165) is 0 Å². The second-order valence-corrected chi connectivity index (χ2v) is 6.80. The first-order valence-corrected chi connectivity index (χ1v) is 8.99. The van der Waals surface area contributed by atoms with E-state index in [-0.39, 0.29) is 11.1 Å². The maximum absolute atomic E-state index is 13.1. The summed E-state index contributed by atoms with van der Waals surface area (Å²) in [5.74, 6) is 2.21. The molecule has 2 aromatic carbocycles. The van der Waals surface area contributed by atoms with Crippen LogP contribution in [0.1, 0.15) is 11.6 Å². The highest BCUT2D eigenvalue weighted by Gasteiger charge is 2.21. The zero-order valence-electron chi connectivity index (χ0n) is 13.0. The van der Waals surface area contributed by atoms with Crippen LogP contribution in [-0.2, 0) is 11.5 Å². The molecular formula is C18H12N4O2S. The number of thioether (sulfide) groups is 1. The average molecular weight is 348 g/mol. The zero-order chi connectivity index (χ0) is 17.0. The van der Waals surface area contributed by atoms with Crippen LogP contribution in [0.25, 0.3) is 21.8 Å². The molecule has 25 heavy (non-hydrogen) atoms. The minimum atomic E-state index is -0.247. The number of hydrogen-bond acceptors (Lipinski definition) is 5. The zero-order valence-corrected chi connectivity index (χ0v) is 13.9. The molecule has 0 atom stereocenters. The highest BCUT2D eigenvalue weighted by atomic mass is 32.2. The molecule has 0 spiro atoms. The van der Waals surface area contributed by atoms with Gasteiger partial charge in [-0.2, -0.15) is 9.35 Å². The average Bonchev–Trinajstić information content (AvgIpc) is 2.82. The number of hydrogen-bond donors (Lipinski definition) is 0. The van der Waals surface area contributed by atoms with Gasteiger partial charge in [-0.15, -0.1) is 11.8 Å². The molecule has 7 heteroatoms. The minimum absolute atomic E-state index is 0.247. The highest BCUT2D eigenvalue weighted by Crippen LogP contribution is 2.21. The van der Waals surface area contributed by atoms with E-state index in [1.165, 1.54) is 9.35 Å². The van der Waals surface area contributed by atoms with Crippen molar-refractivity contribution in [2.45, 2.75) is 11.5 Å². The van der Waals surface area contributed by atoms with Crippen molar-refractivity contribution in [1.29, 1.82) is 0 Å². The van der Waals surface area contributed by atoms with E-state index in [4.69, 9.17) is 0 Å². The molecule has 3 heterocycles. The van der Waals surface area contributed by atoms with Gasteiger partial charge in [0.2, 0.25) is 0 Å². The van der Waals surface area contributed by atoms with Crippen LogP contribution in [0, 0.1) is 0 Å². The van der Waals surface area contributed by atoms with Gasteiger partial charge in [-0.25, -0.2) is 9.97 Å². The Labute approximate surface area is 145 Å². The Morgan fingerprint density at radius 2 is 1.16 bits per heavy atom. The number of aromatic nitrogens is 4. The molecule has 0 unspecified atom stereocenters. The van der Waals surface area contributed by atoms with Gasteiger partial charge in [0.05, 0.1) is 33.3 Å². The quantitative estimate of drug-likeness (QED) is 0.487. The summed E-state index contributed by atoms with van der Waals surface area (Å²) in [6, 6.07) is 14.4. The molecule has 4 aromatic rings. The lowest BCUT2D eigenvalue weighted by Gasteiger charge is -2.15. The van der Waals surface area contributed by atoms with E-state index in [0.29, 0.717) is 45.0 Å². The second-order valence-electron chi connectivity index (χ2n) is 5.82. The van der Waals surface area contributed by atoms with Crippen LogP contribution in [0.3, 0.4) is 0 Å². The molecule has 6 nitrogen and oxygen atoms in total. The van der Waals surface area contributed by atoms with Crippen LogP contribution < -0.4 is 11.1 Å². The summed E-state index contributed by atoms with van der Waals surface area (Å²) in [5.41, 5.74) is 0.793. The number of fused-ring (bicyclic) bond motifs is 5. The molecule has 0 aliphatic carbocycles. The molecule has 0 N–H and O–H groups in total. The summed E-state index contributed by atoms with van der Waals surface area (Å²) in [6.07, 6.45) is 0. The molecule has 0 fully saturated rings. The van der Waals surface area contributed by atoms with Crippen molar-refractivity contribution in [3.05, 3.63) is 80.9 Å². The van der Waals surface area contributed by atoms with Gasteiger partial charge in [-0.1, -0.05) is 24.3 Å². The lowest BCUT2D eigenvalue weighted by Crippen LogP contribution is -2.39. The van der Waals surface area contributed by atoms with Gasteiger partial charge >= 0.3 is 0 Å². The van der Waals surface area contributed by atoms with Crippen molar-refractivity contribution < 1.29 is 0 Å². The molecule has 122 valence electrons. The van der Waals surface area contributed by atoms with Crippen LogP contribution in [-0.4, -0.2) is 19.3 Å². The molecular weight excluding hydrogens is 336 g/mol. The fraction of sp³-hybridized carbons (Fsp3) is 0.111. The van der Waals surface area contributed by atoms with Gasteiger partial charge in [-0.05, 0) is 24.3 Å². The van der Waals surface area contributed by atoms with E-state index in [1.54, 1.807) is 36.0 Å². The van der Waals surface area contributed by atoms with Crippen LogP contribution >= 0.6 is 11.8 Å². The van der Waals surface area contributed by atoms with E-state index in [1.807, 2.05) is 24.3 Å². The number of rotatable bonds is 0. The summed E-state index contributed by atoms with van der Waals surface area (Å²) in [4.78, 5) is 35.4. The monoisotopic (exact) mass is 348 g/mol. The first-order valence-electron chi connectivity index (χ1n) is 7.84. The van der Waals surface area contributed by atoms with Crippen molar-refractivity contribution in [1.82, 2.24) is 19.3 Å². The van der Waals surface area contributed by atoms with E-state index in [2.05, 4.69) is 9.97 Å². The van der Waals surface area contributed by atoms with Crippen LogP contribution in [0.2, 0.25) is 0 Å². The van der Waals surface area contributed by atoms with E-state index >= 15 is 0 Å². The lowest BCUT2D eigenvalue weighted by molar-refractivity contribution is 0.554. The largest absolute Gasteiger partial charge is 0.280 e. The smallest absolute Gasteiger partial charge is 0.267 e. The normalized spacial score (nSPS) is 13.4. The van der Waals surface area contributed by atoms with Gasteiger partial charge in [0, 0.05) is 0 Å². The van der Waals surface area contributed by atoms with Crippen molar-refractivity contribution >= 4 is 33.6 Å². The fourth-order valence-corrected chi connectivity index (χ4v) is 4.01. The van der Waals surface area contributed by atoms with Gasteiger partial charge in [-0.3, -0.25) is 9.59 Å². The SMILES string of the molecule is O=c1c2ccccc2nc2n1-n1c(nc3ccccc3c1=O)CSC2. The molecule has 1 aliphatic rings. The summed E-state index contributed by atoms with van der Waals surface area (Å²) in [5, 5.41) is 0.980. The molecule has 0 saturated heterocycles. The van der Waals surface area contributed by atoms with E-state index in [9.17, 15) is 9.59 Å². The Bertz CT molecular complexity index is 1180. The molecule has 0 saturated carbocycles. The van der Waals surface area contributed by atoms with Gasteiger partial charge < -0.3 is 0 Å². The summed E-state index contributed by atoms with van der Waals surface area (Å²) >= 11 is 1.59. The van der Waals surface area contributed by atoms with Crippen molar-refractivity contribution in [2.75, 3.05) is 0 Å². The van der Waals surface area contributed by atoms with Crippen LogP contribution in [0.15, 0.2) is 58.1 Å². The van der Waals surface area contributed by atoms with Gasteiger partial charge in [0.1, 0.15) is 11.6 Å². The number of nitrogens with zero attached hydrogens (tertiary/aromatic N) is 4. The number of para-hydroxylation sites is 2. The Morgan fingerprint density at radius 3 is 1.64 bits per heavy atom. The Kier molecular flexibility index (Phi) is 3.05. The third kappa shape index (κ3) is 2.05. The predicted octanol–water partition coefficient (Wildman–Crippen LogP) is 2.16. The predicted molar refractivity (Wildman–Crippen MR) is 97.8 cm³/mol. The molecule has 5 rings (SSSR count). The third-order valence-corrected chi connectivity index (χ3v) is 5.23. The van der Waals surface area contributed by atoms with Gasteiger partial charge in [0.25, 0.3) is 11.1 Å². The standard InChI is InChI=1S/C18H12N4O2S/c23-17-11-5-1-3-7-13(11)19-15-9-25-10-16-20-14-8-4-2-6-12(14)18(24)22(16)21(15)17/h1-8H,9-10H2. The van der Waals surface area contributed by atoms with Crippen molar-refractivity contribution in [2.24, 2.45) is 0 Å². The molecule has 0 amide bonds. The summed E-state index contributed by atoms with van der Waals surface area (Å²) in [7, 11) is 0. The summed E-state index contributed by atoms with van der Waals surface area (Å²) < 4.78 is 2.78. The van der Waals surface area contributed by atoms with Crippen LogP contribution in [0.5, 0.6) is 0 Å². The molecule has 0 bridgehead atoms. The van der Waals surface area contributed by atoms with Crippen molar-refractivity contribution in [3.63, 3.8) is 0 Å². The topological polar surface area (TPSA) is 69.8 Å². The lowest BCUT2D eigenvalue weighted by atomic mass is 10.2. The third-order valence-electron chi connectivity index (χ3n) is 4.30. The second kappa shape index (κ2) is 5.29. The maximum Gasteiger partial charge on any atom is 0.280 e. The van der Waals surface area contributed by atoms with Crippen molar-refractivity contribution in [3.8, 4) is 0 Å². The first-order chi connectivity index (χ1) is 12.2. The Balaban J connectivity index is 1.99. The van der Waals surface area contributed by atoms with E-state index < -0.39 is 0 Å². The minimum Gasteiger partial charge on any atom is -0.267 e. The Morgan fingerprint density at radius 1 is 0.720 bits per heavy atom. The number of benzene rings is 2. The highest BCUT2D eigenvalue weighted by molar-refractivity contribution is 7.97. The van der Waals surface area contributed by atoms with Crippen LogP contribution in [0.4, 0.5) is 0 Å². The molecule has 2 aromatic heterocycles. The molecule has 0 radical (unpaired) electrons. The summed E-state index contributed by atoms with van der Waals surface area (Å²) in [6.45, 7) is 0.